The van der Waals surface area contributed by atoms with Crippen LogP contribution in [0.4, 0.5) is 0 Å². The number of hydrogen-bond donors (Lipinski definition) is 1. The normalized spacial score (nSPS) is 14.8. The zero-order valence-corrected chi connectivity index (χ0v) is 13.8. The Hall–Kier alpha value is -2.42. The number of fused-ring (bicyclic) bond motifs is 1. The first-order valence-corrected chi connectivity index (χ1v) is 7.81. The van der Waals surface area contributed by atoms with Crippen LogP contribution >= 0.6 is 0 Å². The van der Waals surface area contributed by atoms with E-state index in [-0.39, 0.29) is 23.3 Å². The molecule has 0 atom stereocenters. The molecule has 0 fully saturated rings. The Morgan fingerprint density at radius 2 is 1.65 bits per heavy atom. The molecule has 0 saturated heterocycles. The number of carbonyl (C=O) groups is 2. The van der Waals surface area contributed by atoms with Crippen LogP contribution in [0, 0.1) is 0 Å². The maximum atomic E-state index is 12.2. The molecule has 1 aromatic rings. The summed E-state index contributed by atoms with van der Waals surface area (Å²) in [5.41, 5.74) is 3.34. The first-order valence-electron chi connectivity index (χ1n) is 7.81. The summed E-state index contributed by atoms with van der Waals surface area (Å²) in [7, 11) is 0. The Bertz CT molecular complexity index is 729. The number of rotatable bonds is 5. The van der Waals surface area contributed by atoms with Crippen LogP contribution < -0.4 is 0 Å². The van der Waals surface area contributed by atoms with Crippen molar-refractivity contribution in [3.05, 3.63) is 64.3 Å². The number of ketones is 2. The fourth-order valence-electron chi connectivity index (χ4n) is 2.57. The molecule has 23 heavy (non-hydrogen) atoms. The Kier molecular flexibility index (Phi) is 5.32. The van der Waals surface area contributed by atoms with Crippen molar-refractivity contribution in [1.82, 2.24) is 0 Å². The topological polar surface area (TPSA) is 54.4 Å². The number of Topliss-reactive ketones (excluding diaryl/α,β-unsaturated/α-hetero) is 2. The SMILES string of the molecule is CC(C)=CCC/C(C)=C/CC1=C(O)c2ccccc2C(=O)C1=O. The molecule has 0 bridgehead atoms. The molecule has 3 heteroatoms. The lowest BCUT2D eigenvalue weighted by Crippen LogP contribution is -2.23. The first-order chi connectivity index (χ1) is 10.9. The van der Waals surface area contributed by atoms with Crippen LogP contribution in [-0.4, -0.2) is 16.7 Å². The number of allylic oxidation sites excluding steroid dienone is 5. The van der Waals surface area contributed by atoms with Crippen molar-refractivity contribution in [1.29, 1.82) is 0 Å². The molecular formula is C20H22O3. The molecule has 1 aliphatic rings. The van der Waals surface area contributed by atoms with E-state index in [1.165, 1.54) is 5.57 Å². The maximum absolute atomic E-state index is 12.2. The summed E-state index contributed by atoms with van der Waals surface area (Å²) in [4.78, 5) is 24.3. The van der Waals surface area contributed by atoms with Crippen molar-refractivity contribution in [3.8, 4) is 0 Å². The van der Waals surface area contributed by atoms with Gasteiger partial charge >= 0.3 is 0 Å². The van der Waals surface area contributed by atoms with Crippen LogP contribution in [0.5, 0.6) is 0 Å². The average Bonchev–Trinajstić information content (AvgIpc) is 2.52. The standard InChI is InChI=1S/C20H22O3/c1-13(2)7-6-8-14(3)11-12-17-18(21)15-9-4-5-10-16(15)19(22)20(17)23/h4-5,7,9-11,21H,6,8,12H2,1-3H3/b14-11+. The third-order valence-electron chi connectivity index (χ3n) is 3.94. The van der Waals surface area contributed by atoms with Gasteiger partial charge in [0.25, 0.3) is 0 Å². The van der Waals surface area contributed by atoms with Crippen LogP contribution in [0.3, 0.4) is 0 Å². The fraction of sp³-hybridized carbons (Fsp3) is 0.300. The highest BCUT2D eigenvalue weighted by atomic mass is 16.3. The molecule has 1 aromatic carbocycles. The molecule has 1 aliphatic carbocycles. The lowest BCUT2D eigenvalue weighted by molar-refractivity contribution is -0.112. The van der Waals surface area contributed by atoms with Crippen molar-refractivity contribution in [2.75, 3.05) is 0 Å². The van der Waals surface area contributed by atoms with Crippen molar-refractivity contribution in [3.63, 3.8) is 0 Å². The smallest absolute Gasteiger partial charge is 0.234 e. The Morgan fingerprint density at radius 3 is 2.30 bits per heavy atom. The largest absolute Gasteiger partial charge is 0.507 e. The van der Waals surface area contributed by atoms with Gasteiger partial charge in [0, 0.05) is 16.7 Å². The van der Waals surface area contributed by atoms with E-state index in [0.717, 1.165) is 18.4 Å². The molecule has 0 radical (unpaired) electrons. The second-order valence-corrected chi connectivity index (χ2v) is 6.11. The van der Waals surface area contributed by atoms with Gasteiger partial charge in [-0.3, -0.25) is 9.59 Å². The van der Waals surface area contributed by atoms with Gasteiger partial charge in [0.1, 0.15) is 5.76 Å². The van der Waals surface area contributed by atoms with E-state index >= 15 is 0 Å². The quantitative estimate of drug-likeness (QED) is 0.627. The number of aliphatic hydroxyl groups is 1. The van der Waals surface area contributed by atoms with E-state index in [9.17, 15) is 14.7 Å². The monoisotopic (exact) mass is 310 g/mol. The molecule has 0 unspecified atom stereocenters. The molecule has 1 N–H and O–H groups in total. The summed E-state index contributed by atoms with van der Waals surface area (Å²) in [6.07, 6.45) is 6.22. The summed E-state index contributed by atoms with van der Waals surface area (Å²) in [5, 5.41) is 10.3. The molecule has 0 aromatic heterocycles. The van der Waals surface area contributed by atoms with E-state index in [1.54, 1.807) is 24.3 Å². The lowest BCUT2D eigenvalue weighted by atomic mass is 9.87. The molecular weight excluding hydrogens is 288 g/mol. The number of benzene rings is 1. The van der Waals surface area contributed by atoms with E-state index in [4.69, 9.17) is 0 Å². The van der Waals surface area contributed by atoms with E-state index < -0.39 is 11.6 Å². The molecule has 0 saturated carbocycles. The van der Waals surface area contributed by atoms with Crippen molar-refractivity contribution < 1.29 is 14.7 Å². The van der Waals surface area contributed by atoms with Crippen molar-refractivity contribution in [2.45, 2.75) is 40.0 Å². The predicted molar refractivity (Wildman–Crippen MR) is 92.4 cm³/mol. The second-order valence-electron chi connectivity index (χ2n) is 6.11. The summed E-state index contributed by atoms with van der Waals surface area (Å²) in [6, 6.07) is 6.68. The molecule has 120 valence electrons. The molecule has 0 amide bonds. The summed E-state index contributed by atoms with van der Waals surface area (Å²) >= 11 is 0. The van der Waals surface area contributed by atoms with Gasteiger partial charge in [-0.15, -0.1) is 0 Å². The third kappa shape index (κ3) is 3.86. The van der Waals surface area contributed by atoms with Crippen LogP contribution in [-0.2, 0) is 4.79 Å². The van der Waals surface area contributed by atoms with Gasteiger partial charge in [0.2, 0.25) is 11.6 Å². The van der Waals surface area contributed by atoms with Crippen LogP contribution in [0.25, 0.3) is 5.76 Å². The summed E-state index contributed by atoms with van der Waals surface area (Å²) in [6.45, 7) is 6.12. The summed E-state index contributed by atoms with van der Waals surface area (Å²) in [5.74, 6) is -1.21. The molecule has 0 aliphatic heterocycles. The zero-order valence-electron chi connectivity index (χ0n) is 13.8. The molecule has 0 spiro atoms. The Labute approximate surface area is 137 Å². The lowest BCUT2D eigenvalue weighted by Gasteiger charge is -2.16. The third-order valence-corrected chi connectivity index (χ3v) is 3.94. The van der Waals surface area contributed by atoms with E-state index in [2.05, 4.69) is 19.9 Å². The van der Waals surface area contributed by atoms with Gasteiger partial charge in [-0.05, 0) is 40.0 Å². The minimum Gasteiger partial charge on any atom is -0.507 e. The zero-order chi connectivity index (χ0) is 17.0. The van der Waals surface area contributed by atoms with E-state index in [0.29, 0.717) is 5.56 Å². The Morgan fingerprint density at radius 1 is 1.00 bits per heavy atom. The second kappa shape index (κ2) is 7.23. The van der Waals surface area contributed by atoms with Gasteiger partial charge in [0.15, 0.2) is 0 Å². The number of carbonyl (C=O) groups excluding carboxylic acids is 2. The van der Waals surface area contributed by atoms with Gasteiger partial charge in [-0.1, -0.05) is 47.6 Å². The molecule has 3 nitrogen and oxygen atoms in total. The van der Waals surface area contributed by atoms with Gasteiger partial charge in [-0.2, -0.15) is 0 Å². The van der Waals surface area contributed by atoms with Gasteiger partial charge in [-0.25, -0.2) is 0 Å². The van der Waals surface area contributed by atoms with Gasteiger partial charge in [0.05, 0.1) is 0 Å². The minimum atomic E-state index is -0.602. The fourth-order valence-corrected chi connectivity index (χ4v) is 2.57. The van der Waals surface area contributed by atoms with Crippen molar-refractivity contribution >= 4 is 17.3 Å². The van der Waals surface area contributed by atoms with Gasteiger partial charge < -0.3 is 5.11 Å². The highest BCUT2D eigenvalue weighted by Crippen LogP contribution is 2.29. The molecule has 0 heterocycles. The summed E-state index contributed by atoms with van der Waals surface area (Å²) < 4.78 is 0. The van der Waals surface area contributed by atoms with Crippen molar-refractivity contribution in [2.24, 2.45) is 0 Å². The highest BCUT2D eigenvalue weighted by Gasteiger charge is 2.31. The maximum Gasteiger partial charge on any atom is 0.234 e. The predicted octanol–water partition coefficient (Wildman–Crippen LogP) is 4.80. The Balaban J connectivity index is 2.20. The highest BCUT2D eigenvalue weighted by molar-refractivity contribution is 6.52. The van der Waals surface area contributed by atoms with Crippen LogP contribution in [0.2, 0.25) is 0 Å². The minimum absolute atomic E-state index is 0.0708. The van der Waals surface area contributed by atoms with Crippen LogP contribution in [0.15, 0.2) is 53.1 Å². The van der Waals surface area contributed by atoms with Crippen LogP contribution in [0.1, 0.15) is 56.0 Å². The van der Waals surface area contributed by atoms with E-state index in [1.807, 2.05) is 13.0 Å². The number of aliphatic hydroxyl groups excluding tert-OH is 1. The first kappa shape index (κ1) is 16.9. The number of hydrogen-bond acceptors (Lipinski definition) is 3. The molecule has 2 rings (SSSR count). The average molecular weight is 310 g/mol.